The molecule has 1 aromatic heterocycles. The van der Waals surface area contributed by atoms with Crippen LogP contribution in [0.1, 0.15) is 48.9 Å². The SMILES string of the molecule is O=C(NCCCOC1CCCCC1)c1ccc(-c2ccccc2)[nH]c1=O. The second kappa shape index (κ2) is 9.34. The molecular formula is C21H26N2O3. The number of hydrogen-bond acceptors (Lipinski definition) is 3. The van der Waals surface area contributed by atoms with Gasteiger partial charge in [0.25, 0.3) is 11.5 Å². The molecule has 1 fully saturated rings. The molecule has 1 amide bonds. The first kappa shape index (κ1) is 18.4. The van der Waals surface area contributed by atoms with E-state index < -0.39 is 0 Å². The summed E-state index contributed by atoms with van der Waals surface area (Å²) in [5.74, 6) is -0.344. The summed E-state index contributed by atoms with van der Waals surface area (Å²) in [6.07, 6.45) is 7.25. The smallest absolute Gasteiger partial charge is 0.261 e. The van der Waals surface area contributed by atoms with E-state index in [-0.39, 0.29) is 17.0 Å². The van der Waals surface area contributed by atoms with Gasteiger partial charge in [0.15, 0.2) is 0 Å². The van der Waals surface area contributed by atoms with Crippen LogP contribution in [0.15, 0.2) is 47.3 Å². The molecule has 1 aliphatic rings. The highest BCUT2D eigenvalue weighted by Gasteiger charge is 2.14. The third-order valence-corrected chi connectivity index (χ3v) is 4.75. The van der Waals surface area contributed by atoms with Crippen molar-refractivity contribution in [2.24, 2.45) is 0 Å². The number of H-pyrrole nitrogens is 1. The van der Waals surface area contributed by atoms with Crippen LogP contribution < -0.4 is 10.9 Å². The van der Waals surface area contributed by atoms with Crippen LogP contribution >= 0.6 is 0 Å². The number of nitrogens with one attached hydrogen (secondary N) is 2. The maximum absolute atomic E-state index is 12.2. The molecule has 0 unspecified atom stereocenters. The highest BCUT2D eigenvalue weighted by atomic mass is 16.5. The number of benzene rings is 1. The van der Waals surface area contributed by atoms with Gasteiger partial charge in [0.05, 0.1) is 6.10 Å². The topological polar surface area (TPSA) is 71.2 Å². The Kier molecular flexibility index (Phi) is 6.61. The first-order valence-corrected chi connectivity index (χ1v) is 9.42. The van der Waals surface area contributed by atoms with Crippen LogP contribution in [-0.4, -0.2) is 30.1 Å². The van der Waals surface area contributed by atoms with E-state index in [1.165, 1.54) is 19.3 Å². The Hall–Kier alpha value is -2.40. The van der Waals surface area contributed by atoms with E-state index in [1.54, 1.807) is 12.1 Å². The molecule has 0 aliphatic heterocycles. The molecule has 138 valence electrons. The summed E-state index contributed by atoms with van der Waals surface area (Å²) >= 11 is 0. The van der Waals surface area contributed by atoms with Gasteiger partial charge in [-0.2, -0.15) is 0 Å². The second-order valence-electron chi connectivity index (χ2n) is 6.72. The quantitative estimate of drug-likeness (QED) is 0.748. The van der Waals surface area contributed by atoms with Crippen LogP contribution in [0.4, 0.5) is 0 Å². The molecule has 0 saturated heterocycles. The Bertz CT molecular complexity index is 764. The standard InChI is InChI=1S/C21H26N2O3/c24-20(22-14-7-15-26-17-10-5-2-6-11-17)18-12-13-19(23-21(18)25)16-8-3-1-4-9-16/h1,3-4,8-9,12-13,17H,2,5-7,10-11,14-15H2,(H,22,24)(H,23,25). The number of aromatic nitrogens is 1. The van der Waals surface area contributed by atoms with Crippen molar-refractivity contribution >= 4 is 5.91 Å². The molecule has 0 spiro atoms. The molecule has 5 nitrogen and oxygen atoms in total. The van der Waals surface area contributed by atoms with E-state index >= 15 is 0 Å². The Morgan fingerprint density at radius 2 is 1.85 bits per heavy atom. The fourth-order valence-electron chi connectivity index (χ4n) is 3.29. The first-order valence-electron chi connectivity index (χ1n) is 9.42. The maximum atomic E-state index is 12.2. The van der Waals surface area contributed by atoms with E-state index in [4.69, 9.17) is 4.74 Å². The largest absolute Gasteiger partial charge is 0.378 e. The van der Waals surface area contributed by atoms with E-state index in [0.29, 0.717) is 24.9 Å². The zero-order valence-electron chi connectivity index (χ0n) is 15.0. The molecule has 0 radical (unpaired) electrons. The lowest BCUT2D eigenvalue weighted by Crippen LogP contribution is -2.31. The highest BCUT2D eigenvalue weighted by Crippen LogP contribution is 2.20. The lowest BCUT2D eigenvalue weighted by atomic mass is 9.98. The van der Waals surface area contributed by atoms with Gasteiger partial charge in [-0.3, -0.25) is 9.59 Å². The van der Waals surface area contributed by atoms with Gasteiger partial charge in [0, 0.05) is 18.8 Å². The van der Waals surface area contributed by atoms with Crippen LogP contribution in [0.25, 0.3) is 11.3 Å². The summed E-state index contributed by atoms with van der Waals surface area (Å²) in [5, 5.41) is 2.80. The van der Waals surface area contributed by atoms with Crippen molar-refractivity contribution < 1.29 is 9.53 Å². The van der Waals surface area contributed by atoms with Crippen LogP contribution in [-0.2, 0) is 4.74 Å². The fourth-order valence-corrected chi connectivity index (χ4v) is 3.29. The third-order valence-electron chi connectivity index (χ3n) is 4.75. The Balaban J connectivity index is 1.46. The summed E-state index contributed by atoms with van der Waals surface area (Å²) in [7, 11) is 0. The molecule has 1 heterocycles. The summed E-state index contributed by atoms with van der Waals surface area (Å²) in [6, 6.07) is 12.9. The summed E-state index contributed by atoms with van der Waals surface area (Å²) in [6.45, 7) is 1.15. The number of ether oxygens (including phenoxy) is 1. The number of pyridine rings is 1. The predicted octanol–water partition coefficient (Wildman–Crippen LogP) is 3.51. The molecule has 5 heteroatoms. The molecule has 1 saturated carbocycles. The molecule has 1 aliphatic carbocycles. The molecule has 0 bridgehead atoms. The van der Waals surface area contributed by atoms with Gasteiger partial charge < -0.3 is 15.0 Å². The van der Waals surface area contributed by atoms with E-state index in [1.807, 2.05) is 30.3 Å². The van der Waals surface area contributed by atoms with E-state index in [9.17, 15) is 9.59 Å². The van der Waals surface area contributed by atoms with Crippen molar-refractivity contribution in [3.05, 3.63) is 58.4 Å². The monoisotopic (exact) mass is 354 g/mol. The van der Waals surface area contributed by atoms with Gasteiger partial charge in [0.2, 0.25) is 0 Å². The highest BCUT2D eigenvalue weighted by molar-refractivity contribution is 5.94. The van der Waals surface area contributed by atoms with Crippen molar-refractivity contribution in [3.8, 4) is 11.3 Å². The van der Waals surface area contributed by atoms with Gasteiger partial charge in [0.1, 0.15) is 5.56 Å². The van der Waals surface area contributed by atoms with E-state index in [0.717, 1.165) is 24.8 Å². The van der Waals surface area contributed by atoms with Crippen molar-refractivity contribution in [2.75, 3.05) is 13.2 Å². The third kappa shape index (κ3) is 5.05. The molecular weight excluding hydrogens is 328 g/mol. The first-order chi connectivity index (χ1) is 12.7. The number of hydrogen-bond donors (Lipinski definition) is 2. The number of carbonyl (C=O) groups excluding carboxylic acids is 1. The van der Waals surface area contributed by atoms with Crippen molar-refractivity contribution in [3.63, 3.8) is 0 Å². The summed E-state index contributed by atoms with van der Waals surface area (Å²) in [5.41, 5.74) is 1.38. The van der Waals surface area contributed by atoms with Gasteiger partial charge >= 0.3 is 0 Å². The van der Waals surface area contributed by atoms with Crippen molar-refractivity contribution in [1.82, 2.24) is 10.3 Å². The second-order valence-corrected chi connectivity index (χ2v) is 6.72. The van der Waals surface area contributed by atoms with Crippen molar-refractivity contribution in [1.29, 1.82) is 0 Å². The van der Waals surface area contributed by atoms with Gasteiger partial charge in [-0.25, -0.2) is 0 Å². The zero-order chi connectivity index (χ0) is 18.2. The molecule has 3 rings (SSSR count). The van der Waals surface area contributed by atoms with Crippen LogP contribution in [0, 0.1) is 0 Å². The minimum atomic E-state index is -0.373. The lowest BCUT2D eigenvalue weighted by Gasteiger charge is -2.21. The number of aromatic amines is 1. The fraction of sp³-hybridized carbons (Fsp3) is 0.429. The van der Waals surface area contributed by atoms with Crippen molar-refractivity contribution in [2.45, 2.75) is 44.6 Å². The average Bonchev–Trinajstić information content (AvgIpc) is 2.69. The van der Waals surface area contributed by atoms with Gasteiger partial charge in [-0.05, 0) is 37.0 Å². The number of amides is 1. The maximum Gasteiger partial charge on any atom is 0.261 e. The van der Waals surface area contributed by atoms with Crippen LogP contribution in [0.3, 0.4) is 0 Å². The Morgan fingerprint density at radius 3 is 2.58 bits per heavy atom. The minimum Gasteiger partial charge on any atom is -0.378 e. The zero-order valence-corrected chi connectivity index (χ0v) is 15.0. The number of carbonyl (C=O) groups is 1. The Labute approximate surface area is 153 Å². The van der Waals surface area contributed by atoms with Crippen LogP contribution in [0.5, 0.6) is 0 Å². The molecule has 26 heavy (non-hydrogen) atoms. The van der Waals surface area contributed by atoms with Crippen LogP contribution in [0.2, 0.25) is 0 Å². The average molecular weight is 354 g/mol. The van der Waals surface area contributed by atoms with Gasteiger partial charge in [-0.1, -0.05) is 49.6 Å². The molecule has 2 N–H and O–H groups in total. The lowest BCUT2D eigenvalue weighted by molar-refractivity contribution is 0.0273. The minimum absolute atomic E-state index is 0.137. The molecule has 1 aromatic carbocycles. The summed E-state index contributed by atoms with van der Waals surface area (Å²) < 4.78 is 5.84. The summed E-state index contributed by atoms with van der Waals surface area (Å²) in [4.78, 5) is 27.2. The number of rotatable bonds is 7. The predicted molar refractivity (Wildman–Crippen MR) is 102 cm³/mol. The normalized spacial score (nSPS) is 14.9. The molecule has 0 atom stereocenters. The Morgan fingerprint density at radius 1 is 1.08 bits per heavy atom. The molecule has 2 aromatic rings. The van der Waals surface area contributed by atoms with E-state index in [2.05, 4.69) is 10.3 Å². The van der Waals surface area contributed by atoms with Gasteiger partial charge in [-0.15, -0.1) is 0 Å².